The molecule has 2 rings (SSSR count). The van der Waals surface area contributed by atoms with Gasteiger partial charge in [0.15, 0.2) is 5.78 Å². The first kappa shape index (κ1) is 18.4. The number of H-pyrrole nitrogens is 1. The SMILES string of the molecule is CCCc1c(C(=O)Nc2cccc(C(C)=O)c2)[nH]c(C)c1C(=O)OC. The second-order valence-corrected chi connectivity index (χ2v) is 5.81. The summed E-state index contributed by atoms with van der Waals surface area (Å²) in [5.74, 6) is -0.899. The number of hydrogen-bond donors (Lipinski definition) is 2. The van der Waals surface area contributed by atoms with Crippen molar-refractivity contribution in [3.05, 3.63) is 52.3 Å². The molecule has 0 spiro atoms. The molecule has 6 nitrogen and oxygen atoms in total. The molecule has 0 aliphatic heterocycles. The molecule has 132 valence electrons. The van der Waals surface area contributed by atoms with Crippen LogP contribution in [-0.4, -0.2) is 29.8 Å². The number of rotatable bonds is 6. The van der Waals surface area contributed by atoms with Gasteiger partial charge in [0.2, 0.25) is 0 Å². The number of anilines is 1. The Kier molecular flexibility index (Phi) is 5.75. The summed E-state index contributed by atoms with van der Waals surface area (Å²) in [5.41, 5.74) is 3.03. The van der Waals surface area contributed by atoms with E-state index >= 15 is 0 Å². The van der Waals surface area contributed by atoms with Crippen LogP contribution in [0.5, 0.6) is 0 Å². The number of carbonyl (C=O) groups excluding carboxylic acids is 3. The molecule has 1 aromatic carbocycles. The Morgan fingerprint density at radius 3 is 2.56 bits per heavy atom. The highest BCUT2D eigenvalue weighted by Crippen LogP contribution is 2.23. The van der Waals surface area contributed by atoms with E-state index in [9.17, 15) is 14.4 Å². The number of esters is 1. The predicted molar refractivity (Wildman–Crippen MR) is 95.3 cm³/mol. The zero-order chi connectivity index (χ0) is 18.6. The van der Waals surface area contributed by atoms with Crippen LogP contribution in [0, 0.1) is 6.92 Å². The van der Waals surface area contributed by atoms with Gasteiger partial charge in [-0.05, 0) is 38.0 Å². The van der Waals surface area contributed by atoms with E-state index in [1.807, 2.05) is 6.92 Å². The van der Waals surface area contributed by atoms with Crippen LogP contribution in [0.2, 0.25) is 0 Å². The number of Topliss-reactive ketones (excluding diaryl/α,β-unsaturated/α-hetero) is 1. The third kappa shape index (κ3) is 3.96. The fraction of sp³-hybridized carbons (Fsp3) is 0.316. The number of amides is 1. The lowest BCUT2D eigenvalue weighted by atomic mass is 10.0. The van der Waals surface area contributed by atoms with Crippen molar-refractivity contribution < 1.29 is 19.1 Å². The van der Waals surface area contributed by atoms with Crippen molar-refractivity contribution in [2.75, 3.05) is 12.4 Å². The van der Waals surface area contributed by atoms with Gasteiger partial charge in [-0.1, -0.05) is 25.5 Å². The van der Waals surface area contributed by atoms with E-state index in [-0.39, 0.29) is 11.7 Å². The molecule has 0 radical (unpaired) electrons. The van der Waals surface area contributed by atoms with E-state index in [2.05, 4.69) is 10.3 Å². The van der Waals surface area contributed by atoms with E-state index in [1.165, 1.54) is 14.0 Å². The van der Waals surface area contributed by atoms with Gasteiger partial charge in [0.05, 0.1) is 12.7 Å². The van der Waals surface area contributed by atoms with E-state index in [1.54, 1.807) is 31.2 Å². The number of aromatic amines is 1. The van der Waals surface area contributed by atoms with Gasteiger partial charge in [0.25, 0.3) is 5.91 Å². The average Bonchev–Trinajstić information content (AvgIpc) is 2.91. The quantitative estimate of drug-likeness (QED) is 0.621. The molecular weight excluding hydrogens is 320 g/mol. The standard InChI is InChI=1S/C19H22N2O4/c1-5-7-15-16(19(24)25-4)11(2)20-17(15)18(23)21-14-9-6-8-13(10-14)12(3)22/h6,8-10,20H,5,7H2,1-4H3,(H,21,23). The zero-order valence-corrected chi connectivity index (χ0v) is 14.9. The summed E-state index contributed by atoms with van der Waals surface area (Å²) in [5, 5.41) is 2.78. The minimum absolute atomic E-state index is 0.0773. The maximum absolute atomic E-state index is 12.7. The lowest BCUT2D eigenvalue weighted by molar-refractivity contribution is 0.0598. The smallest absolute Gasteiger partial charge is 0.339 e. The Morgan fingerprint density at radius 2 is 1.96 bits per heavy atom. The Morgan fingerprint density at radius 1 is 1.24 bits per heavy atom. The number of nitrogens with one attached hydrogen (secondary N) is 2. The minimum atomic E-state index is -0.463. The van der Waals surface area contributed by atoms with Crippen LogP contribution in [0.25, 0.3) is 0 Å². The molecule has 1 amide bonds. The largest absolute Gasteiger partial charge is 0.465 e. The third-order valence-electron chi connectivity index (χ3n) is 3.93. The van der Waals surface area contributed by atoms with E-state index in [0.717, 1.165) is 6.42 Å². The average molecular weight is 342 g/mol. The molecule has 0 atom stereocenters. The van der Waals surface area contributed by atoms with Crippen molar-refractivity contribution in [2.45, 2.75) is 33.6 Å². The first-order valence-corrected chi connectivity index (χ1v) is 8.11. The summed E-state index contributed by atoms with van der Waals surface area (Å²) in [6, 6.07) is 6.73. The summed E-state index contributed by atoms with van der Waals surface area (Å²) >= 11 is 0. The Labute approximate surface area is 146 Å². The Bertz CT molecular complexity index is 821. The molecule has 0 bridgehead atoms. The molecule has 0 saturated heterocycles. The van der Waals surface area contributed by atoms with Crippen molar-refractivity contribution >= 4 is 23.3 Å². The van der Waals surface area contributed by atoms with Crippen molar-refractivity contribution in [3.8, 4) is 0 Å². The molecule has 0 unspecified atom stereocenters. The highest BCUT2D eigenvalue weighted by Gasteiger charge is 2.24. The van der Waals surface area contributed by atoms with Gasteiger partial charge in [0, 0.05) is 16.9 Å². The molecule has 1 aromatic heterocycles. The second-order valence-electron chi connectivity index (χ2n) is 5.81. The van der Waals surface area contributed by atoms with Crippen LogP contribution in [0.1, 0.15) is 62.7 Å². The molecule has 0 aliphatic rings. The fourth-order valence-electron chi connectivity index (χ4n) is 2.76. The highest BCUT2D eigenvalue weighted by atomic mass is 16.5. The number of aryl methyl sites for hydroxylation is 1. The lowest BCUT2D eigenvalue weighted by Gasteiger charge is -2.08. The molecule has 1 heterocycles. The van der Waals surface area contributed by atoms with Crippen LogP contribution in [0.3, 0.4) is 0 Å². The van der Waals surface area contributed by atoms with Gasteiger partial charge >= 0.3 is 5.97 Å². The molecule has 0 saturated carbocycles. The van der Waals surface area contributed by atoms with Gasteiger partial charge in [-0.3, -0.25) is 9.59 Å². The van der Waals surface area contributed by atoms with Crippen LogP contribution in [-0.2, 0) is 11.2 Å². The van der Waals surface area contributed by atoms with Gasteiger partial charge in [0.1, 0.15) is 5.69 Å². The van der Waals surface area contributed by atoms with Crippen LogP contribution in [0.15, 0.2) is 24.3 Å². The van der Waals surface area contributed by atoms with Crippen LogP contribution < -0.4 is 5.32 Å². The number of hydrogen-bond acceptors (Lipinski definition) is 4. The number of ketones is 1. The maximum Gasteiger partial charge on any atom is 0.339 e. The number of benzene rings is 1. The summed E-state index contributed by atoms with van der Waals surface area (Å²) in [7, 11) is 1.32. The van der Waals surface area contributed by atoms with Crippen molar-refractivity contribution in [3.63, 3.8) is 0 Å². The van der Waals surface area contributed by atoms with Crippen LogP contribution in [0.4, 0.5) is 5.69 Å². The van der Waals surface area contributed by atoms with Crippen molar-refractivity contribution in [2.24, 2.45) is 0 Å². The fourth-order valence-corrected chi connectivity index (χ4v) is 2.76. The molecule has 2 aromatic rings. The molecule has 0 fully saturated rings. The summed E-state index contributed by atoms with van der Waals surface area (Å²) < 4.78 is 4.83. The lowest BCUT2D eigenvalue weighted by Crippen LogP contribution is -2.15. The predicted octanol–water partition coefficient (Wildman–Crippen LogP) is 3.52. The molecule has 2 N–H and O–H groups in total. The van der Waals surface area contributed by atoms with Gasteiger partial charge in [-0.2, -0.15) is 0 Å². The maximum atomic E-state index is 12.7. The summed E-state index contributed by atoms with van der Waals surface area (Å²) in [6.45, 7) is 5.18. The minimum Gasteiger partial charge on any atom is -0.465 e. The van der Waals surface area contributed by atoms with Crippen LogP contribution >= 0.6 is 0 Å². The first-order valence-electron chi connectivity index (χ1n) is 8.11. The van der Waals surface area contributed by atoms with E-state index < -0.39 is 5.97 Å². The number of carbonyl (C=O) groups is 3. The highest BCUT2D eigenvalue weighted by molar-refractivity contribution is 6.07. The topological polar surface area (TPSA) is 88.3 Å². The second kappa shape index (κ2) is 7.79. The molecule has 25 heavy (non-hydrogen) atoms. The van der Waals surface area contributed by atoms with Gasteiger partial charge < -0.3 is 15.0 Å². The van der Waals surface area contributed by atoms with E-state index in [0.29, 0.717) is 40.2 Å². The number of ether oxygens (including phenoxy) is 1. The number of methoxy groups -OCH3 is 1. The Balaban J connectivity index is 2.37. The molecule has 6 heteroatoms. The Hall–Kier alpha value is -2.89. The first-order chi connectivity index (χ1) is 11.9. The van der Waals surface area contributed by atoms with Crippen molar-refractivity contribution in [1.82, 2.24) is 4.98 Å². The number of aromatic nitrogens is 1. The summed E-state index contributed by atoms with van der Waals surface area (Å²) in [6.07, 6.45) is 1.35. The van der Waals surface area contributed by atoms with Crippen molar-refractivity contribution in [1.29, 1.82) is 0 Å². The monoisotopic (exact) mass is 342 g/mol. The van der Waals surface area contributed by atoms with Gasteiger partial charge in [-0.25, -0.2) is 4.79 Å². The molecule has 0 aliphatic carbocycles. The normalized spacial score (nSPS) is 10.4. The summed E-state index contributed by atoms with van der Waals surface area (Å²) in [4.78, 5) is 39.2. The van der Waals surface area contributed by atoms with Gasteiger partial charge in [-0.15, -0.1) is 0 Å². The zero-order valence-electron chi connectivity index (χ0n) is 14.9. The molecular formula is C19H22N2O4. The van der Waals surface area contributed by atoms with E-state index in [4.69, 9.17) is 4.74 Å². The third-order valence-corrected chi connectivity index (χ3v) is 3.93.